The highest BCUT2D eigenvalue weighted by atomic mass is 16.6. The van der Waals surface area contributed by atoms with Gasteiger partial charge < -0.3 is 9.84 Å². The molecule has 2 atom stereocenters. The SMILES string of the molecule is C=C(C)C(=O)OC12CC3(C)CC(C)(CC(CO)(C3)C1)C2. The van der Waals surface area contributed by atoms with Crippen LogP contribution in [0.3, 0.4) is 0 Å². The van der Waals surface area contributed by atoms with E-state index in [-0.39, 0.29) is 34.4 Å². The fraction of sp³-hybridized carbons (Fsp3) is 0.824. The third kappa shape index (κ3) is 2.02. The smallest absolute Gasteiger partial charge is 0.333 e. The van der Waals surface area contributed by atoms with E-state index in [0.29, 0.717) is 5.57 Å². The molecular weight excluding hydrogens is 252 g/mol. The zero-order valence-electron chi connectivity index (χ0n) is 12.9. The summed E-state index contributed by atoms with van der Waals surface area (Å²) < 4.78 is 5.92. The molecule has 0 aliphatic heterocycles. The van der Waals surface area contributed by atoms with Gasteiger partial charge in [0, 0.05) is 12.2 Å². The largest absolute Gasteiger partial charge is 0.456 e. The second kappa shape index (κ2) is 3.88. The molecule has 0 aromatic carbocycles. The average Bonchev–Trinajstić information content (AvgIpc) is 2.23. The molecule has 4 aliphatic carbocycles. The third-order valence-corrected chi connectivity index (χ3v) is 5.65. The van der Waals surface area contributed by atoms with Gasteiger partial charge in [0.15, 0.2) is 0 Å². The van der Waals surface area contributed by atoms with Crippen LogP contribution in [0.5, 0.6) is 0 Å². The second-order valence-corrected chi connectivity index (χ2v) is 8.69. The van der Waals surface area contributed by atoms with E-state index in [1.807, 2.05) is 0 Å². The summed E-state index contributed by atoms with van der Waals surface area (Å²) in [6.07, 6.45) is 6.03. The first-order chi connectivity index (χ1) is 9.13. The maximum Gasteiger partial charge on any atom is 0.333 e. The number of carbonyl (C=O) groups excluding carboxylic acids is 1. The van der Waals surface area contributed by atoms with E-state index in [9.17, 15) is 9.90 Å². The van der Waals surface area contributed by atoms with Crippen molar-refractivity contribution >= 4 is 5.97 Å². The van der Waals surface area contributed by atoms with Crippen molar-refractivity contribution in [1.82, 2.24) is 0 Å². The van der Waals surface area contributed by atoms with E-state index in [1.165, 1.54) is 6.42 Å². The molecule has 20 heavy (non-hydrogen) atoms. The Morgan fingerprint density at radius 2 is 1.65 bits per heavy atom. The van der Waals surface area contributed by atoms with Crippen molar-refractivity contribution in [3.63, 3.8) is 0 Å². The van der Waals surface area contributed by atoms with Crippen molar-refractivity contribution < 1.29 is 14.6 Å². The number of aliphatic hydroxyl groups is 1. The van der Waals surface area contributed by atoms with Gasteiger partial charge in [-0.2, -0.15) is 0 Å². The molecule has 0 spiro atoms. The summed E-state index contributed by atoms with van der Waals surface area (Å²) in [5, 5.41) is 9.96. The Morgan fingerprint density at radius 3 is 2.10 bits per heavy atom. The number of carbonyl (C=O) groups is 1. The van der Waals surface area contributed by atoms with Crippen LogP contribution in [0.2, 0.25) is 0 Å². The highest BCUT2D eigenvalue weighted by molar-refractivity contribution is 5.87. The first kappa shape index (κ1) is 14.1. The Hall–Kier alpha value is -0.830. The normalized spacial score (nSPS) is 49.2. The first-order valence-corrected chi connectivity index (χ1v) is 7.63. The maximum atomic E-state index is 12.0. The minimum absolute atomic E-state index is 0.0480. The Bertz CT molecular complexity index is 461. The lowest BCUT2D eigenvalue weighted by molar-refractivity contribution is -0.244. The Morgan fingerprint density at radius 1 is 1.10 bits per heavy atom. The van der Waals surface area contributed by atoms with Gasteiger partial charge in [-0.3, -0.25) is 0 Å². The molecule has 3 heteroatoms. The summed E-state index contributed by atoms with van der Waals surface area (Å²) in [5.41, 5.74) is 0.433. The number of aliphatic hydroxyl groups excluding tert-OH is 1. The predicted octanol–water partition coefficient (Wildman–Crippen LogP) is 3.22. The number of esters is 1. The molecule has 1 N–H and O–H groups in total. The number of rotatable bonds is 3. The number of ether oxygens (including phenoxy) is 1. The Labute approximate surface area is 121 Å². The highest BCUT2D eigenvalue weighted by Gasteiger charge is 2.66. The van der Waals surface area contributed by atoms with Crippen LogP contribution in [-0.2, 0) is 9.53 Å². The van der Waals surface area contributed by atoms with Gasteiger partial charge >= 0.3 is 5.97 Å². The van der Waals surface area contributed by atoms with Gasteiger partial charge in [0.2, 0.25) is 0 Å². The zero-order valence-corrected chi connectivity index (χ0v) is 12.9. The van der Waals surface area contributed by atoms with Crippen LogP contribution in [0.15, 0.2) is 12.2 Å². The van der Waals surface area contributed by atoms with E-state index < -0.39 is 0 Å². The molecule has 4 saturated carbocycles. The molecule has 0 aromatic heterocycles. The Balaban J connectivity index is 1.97. The van der Waals surface area contributed by atoms with Crippen molar-refractivity contribution in [1.29, 1.82) is 0 Å². The van der Waals surface area contributed by atoms with Crippen molar-refractivity contribution in [3.8, 4) is 0 Å². The average molecular weight is 278 g/mol. The van der Waals surface area contributed by atoms with E-state index in [2.05, 4.69) is 20.4 Å². The molecule has 0 saturated heterocycles. The first-order valence-electron chi connectivity index (χ1n) is 7.63. The summed E-state index contributed by atoms with van der Waals surface area (Å²) in [5.74, 6) is -0.271. The van der Waals surface area contributed by atoms with E-state index in [0.717, 1.165) is 32.1 Å². The van der Waals surface area contributed by atoms with Crippen LogP contribution in [-0.4, -0.2) is 23.3 Å². The van der Waals surface area contributed by atoms with Gasteiger partial charge in [0.25, 0.3) is 0 Å². The lowest BCUT2D eigenvalue weighted by Crippen LogP contribution is -2.64. The van der Waals surface area contributed by atoms with Crippen molar-refractivity contribution in [2.75, 3.05) is 6.61 Å². The second-order valence-electron chi connectivity index (χ2n) is 8.69. The van der Waals surface area contributed by atoms with Gasteiger partial charge in [-0.05, 0) is 61.7 Å². The molecule has 4 aliphatic rings. The highest BCUT2D eigenvalue weighted by Crippen LogP contribution is 2.71. The summed E-state index contributed by atoms with van der Waals surface area (Å²) in [6.45, 7) is 10.2. The minimum Gasteiger partial charge on any atom is -0.456 e. The van der Waals surface area contributed by atoms with Crippen molar-refractivity contribution in [3.05, 3.63) is 12.2 Å². The van der Waals surface area contributed by atoms with Gasteiger partial charge in [-0.25, -0.2) is 4.79 Å². The summed E-state index contributed by atoms with van der Waals surface area (Å²) in [6, 6.07) is 0. The standard InChI is InChI=1S/C17H26O3/c1-12(2)13(19)20-17-8-14(3)5-15(4,9-17)7-16(6-14,10-17)11-18/h18H,1,5-11H2,2-4H3. The molecule has 0 radical (unpaired) electrons. The van der Waals surface area contributed by atoms with Gasteiger partial charge in [-0.1, -0.05) is 20.4 Å². The fourth-order valence-electron chi connectivity index (χ4n) is 6.39. The van der Waals surface area contributed by atoms with Crippen LogP contribution in [0, 0.1) is 16.2 Å². The van der Waals surface area contributed by atoms with E-state index in [4.69, 9.17) is 4.74 Å². The van der Waals surface area contributed by atoms with Crippen LogP contribution >= 0.6 is 0 Å². The third-order valence-electron chi connectivity index (χ3n) is 5.65. The monoisotopic (exact) mass is 278 g/mol. The topological polar surface area (TPSA) is 46.5 Å². The maximum absolute atomic E-state index is 12.0. The van der Waals surface area contributed by atoms with Crippen molar-refractivity contribution in [2.24, 2.45) is 16.2 Å². The van der Waals surface area contributed by atoms with Crippen LogP contribution in [0.4, 0.5) is 0 Å². The molecule has 2 unspecified atom stereocenters. The molecule has 0 aromatic rings. The predicted molar refractivity (Wildman–Crippen MR) is 77.1 cm³/mol. The Kier molecular flexibility index (Phi) is 2.74. The summed E-state index contributed by atoms with van der Waals surface area (Å²) >= 11 is 0. The van der Waals surface area contributed by atoms with Crippen LogP contribution < -0.4 is 0 Å². The summed E-state index contributed by atoms with van der Waals surface area (Å²) in [4.78, 5) is 12.0. The molecule has 4 fully saturated rings. The molecule has 0 heterocycles. The van der Waals surface area contributed by atoms with Crippen LogP contribution in [0.1, 0.15) is 59.3 Å². The fourth-order valence-corrected chi connectivity index (χ4v) is 6.39. The van der Waals surface area contributed by atoms with E-state index in [1.54, 1.807) is 6.92 Å². The van der Waals surface area contributed by atoms with Gasteiger partial charge in [0.1, 0.15) is 5.60 Å². The van der Waals surface area contributed by atoms with Crippen molar-refractivity contribution in [2.45, 2.75) is 64.9 Å². The lowest BCUT2D eigenvalue weighted by Gasteiger charge is -2.68. The van der Waals surface area contributed by atoms with E-state index >= 15 is 0 Å². The zero-order chi connectivity index (χ0) is 14.8. The molecule has 0 amide bonds. The molecule has 4 bridgehead atoms. The molecule has 3 nitrogen and oxygen atoms in total. The van der Waals surface area contributed by atoms with Gasteiger partial charge in [0.05, 0.1) is 0 Å². The summed E-state index contributed by atoms with van der Waals surface area (Å²) in [7, 11) is 0. The molecule has 4 rings (SSSR count). The number of hydrogen-bond donors (Lipinski definition) is 1. The minimum atomic E-state index is -0.378. The van der Waals surface area contributed by atoms with Crippen LogP contribution in [0.25, 0.3) is 0 Å². The molecule has 112 valence electrons. The molecular formula is C17H26O3. The number of hydrogen-bond acceptors (Lipinski definition) is 3. The lowest BCUT2D eigenvalue weighted by atomic mass is 9.39. The quantitative estimate of drug-likeness (QED) is 0.637. The van der Waals surface area contributed by atoms with Gasteiger partial charge in [-0.15, -0.1) is 0 Å².